The summed E-state index contributed by atoms with van der Waals surface area (Å²) in [6, 6.07) is 9.55. The number of carbonyl (C=O) groups is 1. The molecule has 0 saturated carbocycles. The highest BCUT2D eigenvalue weighted by Gasteiger charge is 2.12. The van der Waals surface area contributed by atoms with Crippen LogP contribution in [0.5, 0.6) is 0 Å². The zero-order valence-electron chi connectivity index (χ0n) is 10.0. The Bertz CT molecular complexity index is 412. The molecule has 0 heterocycles. The molecule has 3 nitrogen and oxygen atoms in total. The van der Waals surface area contributed by atoms with Crippen LogP contribution in [0.15, 0.2) is 30.3 Å². The fourth-order valence-corrected chi connectivity index (χ4v) is 1.24. The first-order valence-electron chi connectivity index (χ1n) is 5.49. The van der Waals surface area contributed by atoms with Gasteiger partial charge < -0.3 is 9.84 Å². The fraction of sp³-hybridized carbons (Fsp3) is 0.357. The van der Waals surface area contributed by atoms with Gasteiger partial charge in [-0.05, 0) is 18.1 Å². The van der Waals surface area contributed by atoms with Gasteiger partial charge in [-0.1, -0.05) is 43.9 Å². The van der Waals surface area contributed by atoms with Gasteiger partial charge in [0, 0.05) is 5.56 Å². The molecule has 0 saturated heterocycles. The molecule has 0 aliphatic rings. The highest BCUT2D eigenvalue weighted by atomic mass is 16.5. The first-order chi connectivity index (χ1) is 8.09. The van der Waals surface area contributed by atoms with Crippen molar-refractivity contribution in [1.29, 1.82) is 0 Å². The maximum Gasteiger partial charge on any atom is 0.329 e. The van der Waals surface area contributed by atoms with Crippen molar-refractivity contribution < 1.29 is 14.6 Å². The lowest BCUT2D eigenvalue weighted by molar-refractivity contribution is -0.143. The van der Waals surface area contributed by atoms with Crippen LogP contribution >= 0.6 is 0 Å². The average Bonchev–Trinajstić information content (AvgIpc) is 2.29. The van der Waals surface area contributed by atoms with Gasteiger partial charge in [0.1, 0.15) is 12.7 Å². The minimum atomic E-state index is -0.975. The lowest BCUT2D eigenvalue weighted by Crippen LogP contribution is -2.21. The normalized spacial score (nSPS) is 11.7. The predicted octanol–water partition coefficient (Wildman–Crippen LogP) is 2.16. The second-order valence-electron chi connectivity index (χ2n) is 4.00. The van der Waals surface area contributed by atoms with Crippen molar-refractivity contribution in [3.8, 4) is 11.8 Å². The number of carboxylic acid groups (broad SMARTS) is 1. The van der Waals surface area contributed by atoms with E-state index in [1.807, 2.05) is 44.2 Å². The van der Waals surface area contributed by atoms with Crippen molar-refractivity contribution in [3.63, 3.8) is 0 Å². The summed E-state index contributed by atoms with van der Waals surface area (Å²) in [6.07, 6.45) is -0.355. The summed E-state index contributed by atoms with van der Waals surface area (Å²) >= 11 is 0. The van der Waals surface area contributed by atoms with E-state index < -0.39 is 5.97 Å². The lowest BCUT2D eigenvalue weighted by atomic mass is 10.1. The number of carboxylic acids is 1. The zero-order valence-corrected chi connectivity index (χ0v) is 10.0. The highest BCUT2D eigenvalue weighted by molar-refractivity contribution is 5.68. The third kappa shape index (κ3) is 5.19. The van der Waals surface area contributed by atoms with Crippen LogP contribution in [-0.4, -0.2) is 23.8 Å². The van der Waals surface area contributed by atoms with E-state index in [0.717, 1.165) is 5.56 Å². The summed E-state index contributed by atoms with van der Waals surface area (Å²) < 4.78 is 5.21. The molecule has 0 spiro atoms. The van der Waals surface area contributed by atoms with E-state index in [2.05, 4.69) is 11.8 Å². The van der Waals surface area contributed by atoms with Gasteiger partial charge in [0.05, 0.1) is 0 Å². The molecule has 0 fully saturated rings. The molecule has 3 heteroatoms. The Morgan fingerprint density at radius 3 is 2.53 bits per heavy atom. The SMILES string of the molecule is CC(C)C(C#Cc1ccccc1)OCC(=O)O. The Morgan fingerprint density at radius 1 is 1.35 bits per heavy atom. The first kappa shape index (κ1) is 13.3. The molecule has 1 atom stereocenters. The van der Waals surface area contributed by atoms with Crippen LogP contribution < -0.4 is 0 Å². The molecule has 0 aromatic heterocycles. The Morgan fingerprint density at radius 2 is 2.00 bits per heavy atom. The number of hydrogen-bond donors (Lipinski definition) is 1. The number of ether oxygens (including phenoxy) is 1. The first-order valence-corrected chi connectivity index (χ1v) is 5.49. The standard InChI is InChI=1S/C14H16O3/c1-11(2)13(17-10-14(15)16)9-8-12-6-4-3-5-7-12/h3-7,11,13H,10H2,1-2H3,(H,15,16). The second-order valence-corrected chi connectivity index (χ2v) is 4.00. The quantitative estimate of drug-likeness (QED) is 0.809. The van der Waals surface area contributed by atoms with Gasteiger partial charge in [0.25, 0.3) is 0 Å². The van der Waals surface area contributed by atoms with Crippen LogP contribution in [0, 0.1) is 17.8 Å². The fourth-order valence-electron chi connectivity index (χ4n) is 1.24. The molecule has 0 bridgehead atoms. The lowest BCUT2D eigenvalue weighted by Gasteiger charge is -2.14. The Balaban J connectivity index is 2.67. The van der Waals surface area contributed by atoms with Gasteiger partial charge in [-0.2, -0.15) is 0 Å². The van der Waals surface area contributed by atoms with Crippen LogP contribution in [0.1, 0.15) is 19.4 Å². The van der Waals surface area contributed by atoms with Crippen molar-refractivity contribution >= 4 is 5.97 Å². The van der Waals surface area contributed by atoms with Crippen LogP contribution in [0.2, 0.25) is 0 Å². The Kier molecular flexibility index (Phi) is 5.25. The summed E-state index contributed by atoms with van der Waals surface area (Å²) in [7, 11) is 0. The maximum atomic E-state index is 10.4. The highest BCUT2D eigenvalue weighted by Crippen LogP contribution is 2.06. The van der Waals surface area contributed by atoms with E-state index in [1.54, 1.807) is 0 Å². The topological polar surface area (TPSA) is 46.5 Å². The number of hydrogen-bond acceptors (Lipinski definition) is 2. The Hall–Kier alpha value is -1.79. The second kappa shape index (κ2) is 6.72. The van der Waals surface area contributed by atoms with Crippen LogP contribution in [0.3, 0.4) is 0 Å². The minimum Gasteiger partial charge on any atom is -0.480 e. The van der Waals surface area contributed by atoms with Crippen molar-refractivity contribution in [2.75, 3.05) is 6.61 Å². The van der Waals surface area contributed by atoms with Crippen molar-refractivity contribution in [2.45, 2.75) is 20.0 Å². The van der Waals surface area contributed by atoms with E-state index in [9.17, 15) is 4.79 Å². The van der Waals surface area contributed by atoms with Crippen LogP contribution in [0.4, 0.5) is 0 Å². The summed E-state index contributed by atoms with van der Waals surface area (Å²) in [5.74, 6) is 5.12. The van der Waals surface area contributed by atoms with Gasteiger partial charge in [-0.15, -0.1) is 0 Å². The van der Waals surface area contributed by atoms with Crippen LogP contribution in [-0.2, 0) is 9.53 Å². The molecule has 1 aromatic carbocycles. The van der Waals surface area contributed by atoms with Gasteiger partial charge in [-0.25, -0.2) is 4.79 Å². The molecule has 0 radical (unpaired) electrons. The number of aliphatic carboxylic acids is 1. The molecule has 1 unspecified atom stereocenters. The maximum absolute atomic E-state index is 10.4. The molecule has 1 aromatic rings. The summed E-state index contributed by atoms with van der Waals surface area (Å²) in [5.41, 5.74) is 0.900. The van der Waals surface area contributed by atoms with E-state index >= 15 is 0 Å². The molecule has 0 aliphatic heterocycles. The summed E-state index contributed by atoms with van der Waals surface area (Å²) in [6.45, 7) is 3.59. The molecule has 1 rings (SSSR count). The van der Waals surface area contributed by atoms with E-state index in [-0.39, 0.29) is 18.6 Å². The van der Waals surface area contributed by atoms with Crippen LogP contribution in [0.25, 0.3) is 0 Å². The van der Waals surface area contributed by atoms with Crippen molar-refractivity contribution in [1.82, 2.24) is 0 Å². The van der Waals surface area contributed by atoms with Gasteiger partial charge >= 0.3 is 5.97 Å². The average molecular weight is 232 g/mol. The minimum absolute atomic E-state index is 0.158. The van der Waals surface area contributed by atoms with E-state index in [4.69, 9.17) is 9.84 Å². The van der Waals surface area contributed by atoms with E-state index in [0.29, 0.717) is 0 Å². The van der Waals surface area contributed by atoms with Gasteiger partial charge in [0.15, 0.2) is 0 Å². The predicted molar refractivity (Wildman–Crippen MR) is 65.5 cm³/mol. The molecule has 17 heavy (non-hydrogen) atoms. The van der Waals surface area contributed by atoms with Crippen molar-refractivity contribution in [2.24, 2.45) is 5.92 Å². The van der Waals surface area contributed by atoms with E-state index in [1.165, 1.54) is 0 Å². The molecular weight excluding hydrogens is 216 g/mol. The summed E-state index contributed by atoms with van der Waals surface area (Å²) in [5, 5.41) is 8.56. The van der Waals surface area contributed by atoms with Crippen molar-refractivity contribution in [3.05, 3.63) is 35.9 Å². The van der Waals surface area contributed by atoms with Gasteiger partial charge in [0.2, 0.25) is 0 Å². The third-order valence-electron chi connectivity index (χ3n) is 2.12. The largest absolute Gasteiger partial charge is 0.480 e. The molecule has 0 aliphatic carbocycles. The smallest absolute Gasteiger partial charge is 0.329 e. The number of benzene rings is 1. The molecular formula is C14H16O3. The molecule has 1 N–H and O–H groups in total. The molecule has 0 amide bonds. The Labute approximate surface area is 101 Å². The van der Waals surface area contributed by atoms with Gasteiger partial charge in [-0.3, -0.25) is 0 Å². The summed E-state index contributed by atoms with van der Waals surface area (Å²) in [4.78, 5) is 10.4. The zero-order chi connectivity index (χ0) is 12.7. The monoisotopic (exact) mass is 232 g/mol. The number of rotatable bonds is 4. The third-order valence-corrected chi connectivity index (χ3v) is 2.12. The molecule has 90 valence electrons.